The Hall–Kier alpha value is -2.40. The fraction of sp³-hybridized carbons (Fsp3) is 0.0714. The van der Waals surface area contributed by atoms with E-state index in [2.05, 4.69) is 0 Å². The van der Waals surface area contributed by atoms with Gasteiger partial charge in [-0.1, -0.05) is 29.8 Å². The molecule has 0 heterocycles. The summed E-state index contributed by atoms with van der Waals surface area (Å²) in [5, 5.41) is 10.9. The Morgan fingerprint density at radius 1 is 1.20 bits per heavy atom. The first-order valence-corrected chi connectivity index (χ1v) is 6.10. The molecule has 0 aromatic heterocycles. The van der Waals surface area contributed by atoms with Crippen LogP contribution in [0.15, 0.2) is 48.5 Å². The molecule has 6 heteroatoms. The van der Waals surface area contributed by atoms with Crippen molar-refractivity contribution in [2.45, 2.75) is 0 Å². The van der Waals surface area contributed by atoms with Crippen molar-refractivity contribution in [3.05, 3.63) is 69.2 Å². The highest BCUT2D eigenvalue weighted by molar-refractivity contribution is 6.34. The second-order valence-corrected chi connectivity index (χ2v) is 4.35. The molecule has 2 aromatic carbocycles. The monoisotopic (exact) mass is 291 g/mol. The Labute approximate surface area is 119 Å². The van der Waals surface area contributed by atoms with Crippen molar-refractivity contribution in [2.24, 2.45) is 0 Å². The fourth-order valence-electron chi connectivity index (χ4n) is 1.58. The lowest BCUT2D eigenvalue weighted by atomic mass is 10.1. The van der Waals surface area contributed by atoms with Gasteiger partial charge in [0.15, 0.2) is 6.61 Å². The summed E-state index contributed by atoms with van der Waals surface area (Å²) in [6.07, 6.45) is 0. The van der Waals surface area contributed by atoms with Crippen molar-refractivity contribution in [1.82, 2.24) is 0 Å². The number of hydrogen-bond acceptors (Lipinski definition) is 4. The number of nitrogens with zero attached hydrogens (tertiary/aromatic N) is 1. The van der Waals surface area contributed by atoms with Crippen molar-refractivity contribution in [3.8, 4) is 5.75 Å². The Morgan fingerprint density at radius 3 is 2.55 bits per heavy atom. The van der Waals surface area contributed by atoms with Gasteiger partial charge in [-0.25, -0.2) is 0 Å². The highest BCUT2D eigenvalue weighted by Gasteiger charge is 2.16. The van der Waals surface area contributed by atoms with Crippen LogP contribution in [0.2, 0.25) is 5.02 Å². The molecule has 0 fully saturated rings. The van der Waals surface area contributed by atoms with Crippen molar-refractivity contribution >= 4 is 23.1 Å². The zero-order valence-electron chi connectivity index (χ0n) is 10.3. The summed E-state index contributed by atoms with van der Waals surface area (Å²) >= 11 is 5.88. The summed E-state index contributed by atoms with van der Waals surface area (Å²) in [6, 6.07) is 12.5. The van der Waals surface area contributed by atoms with Crippen LogP contribution in [0.5, 0.6) is 5.75 Å². The summed E-state index contributed by atoms with van der Waals surface area (Å²) in [5.74, 6) is 0.130. The Morgan fingerprint density at radius 2 is 1.90 bits per heavy atom. The topological polar surface area (TPSA) is 69.4 Å². The van der Waals surface area contributed by atoms with Crippen LogP contribution < -0.4 is 4.74 Å². The molecule has 5 nitrogen and oxygen atoms in total. The van der Waals surface area contributed by atoms with E-state index in [9.17, 15) is 14.9 Å². The predicted molar refractivity (Wildman–Crippen MR) is 74.4 cm³/mol. The molecule has 0 saturated carbocycles. The number of hydrogen-bond donors (Lipinski definition) is 0. The van der Waals surface area contributed by atoms with Gasteiger partial charge in [-0.05, 0) is 18.2 Å². The van der Waals surface area contributed by atoms with Crippen molar-refractivity contribution in [3.63, 3.8) is 0 Å². The van der Waals surface area contributed by atoms with Crippen LogP contribution in [0.25, 0.3) is 0 Å². The highest BCUT2D eigenvalue weighted by atomic mass is 35.5. The number of rotatable bonds is 5. The number of carbonyl (C=O) groups excluding carboxylic acids is 1. The first kappa shape index (κ1) is 14.0. The third-order valence-electron chi connectivity index (χ3n) is 2.57. The van der Waals surface area contributed by atoms with Gasteiger partial charge in [0, 0.05) is 17.7 Å². The second-order valence-electron chi connectivity index (χ2n) is 3.95. The molecule has 102 valence electrons. The van der Waals surface area contributed by atoms with Crippen molar-refractivity contribution < 1.29 is 14.5 Å². The van der Waals surface area contributed by atoms with Gasteiger partial charge >= 0.3 is 0 Å². The molecule has 0 amide bonds. The molecule has 0 saturated heterocycles. The maximum Gasteiger partial charge on any atom is 0.270 e. The normalized spacial score (nSPS) is 10.1. The van der Waals surface area contributed by atoms with Gasteiger partial charge in [0.1, 0.15) is 5.75 Å². The molecule has 0 spiro atoms. The molecular weight excluding hydrogens is 282 g/mol. The lowest BCUT2D eigenvalue weighted by Gasteiger charge is -2.06. The largest absolute Gasteiger partial charge is 0.485 e. The van der Waals surface area contributed by atoms with E-state index in [0.29, 0.717) is 5.75 Å². The smallest absolute Gasteiger partial charge is 0.270 e. The number of halogens is 1. The summed E-state index contributed by atoms with van der Waals surface area (Å²) in [5.41, 5.74) is -0.103. The van der Waals surface area contributed by atoms with E-state index in [4.69, 9.17) is 16.3 Å². The number of benzene rings is 2. The average Bonchev–Trinajstić information content (AvgIpc) is 2.46. The molecular formula is C14H10ClNO4. The van der Waals surface area contributed by atoms with E-state index >= 15 is 0 Å². The molecule has 2 aromatic rings. The number of carbonyl (C=O) groups is 1. The minimum absolute atomic E-state index is 0.0804. The highest BCUT2D eigenvalue weighted by Crippen LogP contribution is 2.22. The van der Waals surface area contributed by atoms with Crippen molar-refractivity contribution in [2.75, 3.05) is 6.61 Å². The molecule has 0 N–H and O–H groups in total. The molecule has 2 rings (SSSR count). The summed E-state index contributed by atoms with van der Waals surface area (Å²) in [4.78, 5) is 22.1. The third kappa shape index (κ3) is 3.33. The zero-order valence-corrected chi connectivity index (χ0v) is 11.0. The van der Waals surface area contributed by atoms with Gasteiger partial charge in [-0.3, -0.25) is 14.9 Å². The predicted octanol–water partition coefficient (Wildman–Crippen LogP) is 3.51. The van der Waals surface area contributed by atoms with Gasteiger partial charge in [0.05, 0.1) is 9.95 Å². The first-order valence-electron chi connectivity index (χ1n) is 5.73. The van der Waals surface area contributed by atoms with Crippen LogP contribution in [-0.4, -0.2) is 17.3 Å². The maximum atomic E-state index is 12.0. The zero-order chi connectivity index (χ0) is 14.5. The molecule has 0 bridgehead atoms. The lowest BCUT2D eigenvalue weighted by Crippen LogP contribution is -2.12. The number of ether oxygens (including phenoxy) is 1. The SMILES string of the molecule is O=C(COc1ccccc1)c1cc([N+](=O)[O-])ccc1Cl. The second kappa shape index (κ2) is 6.16. The van der Waals surface area contributed by atoms with E-state index in [1.807, 2.05) is 6.07 Å². The van der Waals surface area contributed by atoms with Crippen LogP contribution in [0.1, 0.15) is 10.4 Å². The van der Waals surface area contributed by atoms with Crippen LogP contribution >= 0.6 is 11.6 Å². The van der Waals surface area contributed by atoms with E-state index in [0.717, 1.165) is 6.07 Å². The number of Topliss-reactive ketones (excluding diaryl/α,β-unsaturated/α-hetero) is 1. The van der Waals surface area contributed by atoms with E-state index < -0.39 is 10.7 Å². The standard InChI is InChI=1S/C14H10ClNO4/c15-13-7-6-10(16(18)19)8-12(13)14(17)9-20-11-4-2-1-3-5-11/h1-8H,9H2. The number of nitro benzene ring substituents is 1. The van der Waals surface area contributed by atoms with E-state index in [1.54, 1.807) is 24.3 Å². The fourth-order valence-corrected chi connectivity index (χ4v) is 1.81. The van der Waals surface area contributed by atoms with E-state index in [1.165, 1.54) is 12.1 Å². The number of nitro groups is 1. The van der Waals surface area contributed by atoms with Crippen LogP contribution in [-0.2, 0) is 0 Å². The van der Waals surface area contributed by atoms with Crippen LogP contribution in [0, 0.1) is 10.1 Å². The van der Waals surface area contributed by atoms with Gasteiger partial charge in [-0.2, -0.15) is 0 Å². The van der Waals surface area contributed by atoms with Crippen LogP contribution in [0.4, 0.5) is 5.69 Å². The Balaban J connectivity index is 2.13. The minimum atomic E-state index is -0.578. The molecule has 0 aliphatic rings. The van der Waals surface area contributed by atoms with E-state index in [-0.39, 0.29) is 22.9 Å². The summed E-state index contributed by atoms with van der Waals surface area (Å²) < 4.78 is 5.30. The number of para-hydroxylation sites is 1. The molecule has 0 aliphatic carbocycles. The quantitative estimate of drug-likeness (QED) is 0.480. The molecule has 20 heavy (non-hydrogen) atoms. The number of ketones is 1. The maximum absolute atomic E-state index is 12.0. The lowest BCUT2D eigenvalue weighted by molar-refractivity contribution is -0.384. The molecule has 0 radical (unpaired) electrons. The Bertz CT molecular complexity index is 643. The average molecular weight is 292 g/mol. The molecule has 0 atom stereocenters. The van der Waals surface area contributed by atoms with Crippen molar-refractivity contribution in [1.29, 1.82) is 0 Å². The van der Waals surface area contributed by atoms with Gasteiger partial charge in [0.2, 0.25) is 5.78 Å². The van der Waals surface area contributed by atoms with Crippen LogP contribution in [0.3, 0.4) is 0 Å². The molecule has 0 unspecified atom stereocenters. The minimum Gasteiger partial charge on any atom is -0.485 e. The van der Waals surface area contributed by atoms with Gasteiger partial charge in [0.25, 0.3) is 5.69 Å². The summed E-state index contributed by atoms with van der Waals surface area (Å²) in [6.45, 7) is -0.231. The van der Waals surface area contributed by atoms with Gasteiger partial charge in [-0.15, -0.1) is 0 Å². The first-order chi connectivity index (χ1) is 9.58. The molecule has 0 aliphatic heterocycles. The summed E-state index contributed by atoms with van der Waals surface area (Å²) in [7, 11) is 0. The third-order valence-corrected chi connectivity index (χ3v) is 2.90. The number of non-ortho nitro benzene ring substituents is 1. The van der Waals surface area contributed by atoms with Gasteiger partial charge < -0.3 is 4.74 Å². The Kier molecular flexibility index (Phi) is 4.32.